The van der Waals surface area contributed by atoms with Crippen LogP contribution in [0.3, 0.4) is 0 Å². The molecule has 1 heterocycles. The Kier molecular flexibility index (Phi) is 5.82. The number of nitrogens with one attached hydrogen (secondary N) is 1. The molecule has 0 aliphatic carbocycles. The molecule has 0 bridgehead atoms. The lowest BCUT2D eigenvalue weighted by atomic mass is 9.89. The average Bonchev–Trinajstić information content (AvgIpc) is 2.64. The zero-order valence-electron chi connectivity index (χ0n) is 17.2. The summed E-state index contributed by atoms with van der Waals surface area (Å²) < 4.78 is 17.3. The molecule has 5 nitrogen and oxygen atoms in total. The Morgan fingerprint density at radius 2 is 2.00 bits per heavy atom. The minimum atomic E-state index is -0.577. The van der Waals surface area contributed by atoms with Gasteiger partial charge in [-0.15, -0.1) is 0 Å². The second kappa shape index (κ2) is 8.13. The van der Waals surface area contributed by atoms with Crippen LogP contribution < -0.4 is 19.5 Å². The first-order valence-electron chi connectivity index (χ1n) is 9.72. The molecule has 0 fully saturated rings. The summed E-state index contributed by atoms with van der Waals surface area (Å²) in [6.07, 6.45) is 0.688. The molecule has 3 rings (SSSR count). The number of carbonyl (C=O) groups is 1. The van der Waals surface area contributed by atoms with Crippen LogP contribution in [0.4, 0.5) is 0 Å². The van der Waals surface area contributed by atoms with Crippen LogP contribution in [0.25, 0.3) is 0 Å². The second-order valence-corrected chi connectivity index (χ2v) is 7.86. The monoisotopic (exact) mass is 383 g/mol. The highest BCUT2D eigenvalue weighted by atomic mass is 16.5. The molecule has 0 saturated heterocycles. The van der Waals surface area contributed by atoms with Gasteiger partial charge in [-0.3, -0.25) is 4.79 Å². The van der Waals surface area contributed by atoms with Crippen molar-refractivity contribution >= 4 is 5.91 Å². The lowest BCUT2D eigenvalue weighted by Crippen LogP contribution is -2.45. The molecule has 28 heavy (non-hydrogen) atoms. The number of rotatable bonds is 6. The maximum Gasteiger partial charge on any atom is 0.261 e. The van der Waals surface area contributed by atoms with Crippen molar-refractivity contribution in [1.29, 1.82) is 0 Å². The van der Waals surface area contributed by atoms with E-state index in [1.807, 2.05) is 64.1 Å². The molecule has 0 aromatic heterocycles. The third-order valence-electron chi connectivity index (χ3n) is 4.93. The highest BCUT2D eigenvalue weighted by Gasteiger charge is 2.35. The van der Waals surface area contributed by atoms with Crippen LogP contribution >= 0.6 is 0 Å². The number of methoxy groups -OCH3 is 1. The SMILES string of the molecule is CC[C@@H](Oc1cccc(OC)c1)C(=O)N[C@@H]1CC(C)(C)Oc2cc(C)ccc21. The van der Waals surface area contributed by atoms with Gasteiger partial charge < -0.3 is 19.5 Å². The Labute approximate surface area is 167 Å². The van der Waals surface area contributed by atoms with Gasteiger partial charge in [-0.2, -0.15) is 0 Å². The van der Waals surface area contributed by atoms with Crippen molar-refractivity contribution < 1.29 is 19.0 Å². The van der Waals surface area contributed by atoms with Gasteiger partial charge in [-0.25, -0.2) is 0 Å². The van der Waals surface area contributed by atoms with Gasteiger partial charge in [-0.1, -0.05) is 25.1 Å². The molecular weight excluding hydrogens is 354 g/mol. The maximum absolute atomic E-state index is 13.0. The molecule has 1 aliphatic heterocycles. The van der Waals surface area contributed by atoms with Crippen LogP contribution in [0.2, 0.25) is 0 Å². The van der Waals surface area contributed by atoms with Crippen LogP contribution in [0.1, 0.15) is 50.8 Å². The molecule has 2 aromatic rings. The second-order valence-electron chi connectivity index (χ2n) is 7.86. The zero-order chi connectivity index (χ0) is 20.3. The van der Waals surface area contributed by atoms with Crippen molar-refractivity contribution in [2.24, 2.45) is 0 Å². The third-order valence-corrected chi connectivity index (χ3v) is 4.93. The lowest BCUT2D eigenvalue weighted by molar-refractivity contribution is -0.129. The van der Waals surface area contributed by atoms with Crippen LogP contribution in [0.5, 0.6) is 17.2 Å². The number of benzene rings is 2. The summed E-state index contributed by atoms with van der Waals surface area (Å²) in [7, 11) is 1.61. The summed E-state index contributed by atoms with van der Waals surface area (Å²) in [5.41, 5.74) is 1.79. The van der Waals surface area contributed by atoms with Crippen LogP contribution in [0.15, 0.2) is 42.5 Å². The van der Waals surface area contributed by atoms with E-state index in [1.54, 1.807) is 13.2 Å². The van der Waals surface area contributed by atoms with Crippen LogP contribution in [-0.2, 0) is 4.79 Å². The number of aryl methyl sites for hydroxylation is 1. The van der Waals surface area contributed by atoms with Crippen molar-refractivity contribution in [2.75, 3.05) is 7.11 Å². The molecule has 5 heteroatoms. The molecule has 1 amide bonds. The van der Waals surface area contributed by atoms with Crippen molar-refractivity contribution in [2.45, 2.75) is 58.3 Å². The minimum Gasteiger partial charge on any atom is -0.497 e. The summed E-state index contributed by atoms with van der Waals surface area (Å²) >= 11 is 0. The Bertz CT molecular complexity index is 846. The smallest absolute Gasteiger partial charge is 0.261 e. The molecule has 0 unspecified atom stereocenters. The maximum atomic E-state index is 13.0. The average molecular weight is 383 g/mol. The molecule has 150 valence electrons. The quantitative estimate of drug-likeness (QED) is 0.793. The van der Waals surface area contributed by atoms with Gasteiger partial charge in [0.25, 0.3) is 5.91 Å². The van der Waals surface area contributed by atoms with Gasteiger partial charge in [0.2, 0.25) is 0 Å². The Morgan fingerprint density at radius 1 is 1.25 bits per heavy atom. The number of fused-ring (bicyclic) bond motifs is 1. The van der Waals surface area contributed by atoms with Gasteiger partial charge >= 0.3 is 0 Å². The van der Waals surface area contributed by atoms with E-state index in [-0.39, 0.29) is 17.6 Å². The zero-order valence-corrected chi connectivity index (χ0v) is 17.2. The predicted octanol–water partition coefficient (Wildman–Crippen LogP) is 4.58. The number of hydrogen-bond donors (Lipinski definition) is 1. The largest absolute Gasteiger partial charge is 0.497 e. The van der Waals surface area contributed by atoms with E-state index in [0.29, 0.717) is 24.3 Å². The summed E-state index contributed by atoms with van der Waals surface area (Å²) in [6.45, 7) is 8.06. The molecule has 0 spiro atoms. The number of amides is 1. The van der Waals surface area contributed by atoms with E-state index in [2.05, 4.69) is 5.32 Å². The standard InChI is InChI=1S/C23H29NO4/c1-6-20(27-17-9-7-8-16(13-17)26-5)22(25)24-19-14-23(3,4)28-21-12-15(2)10-11-18(19)21/h7-13,19-20H,6,14H2,1-5H3,(H,24,25)/t19-,20-/m1/s1. The van der Waals surface area contributed by atoms with Gasteiger partial charge in [0.1, 0.15) is 22.8 Å². The molecule has 1 aliphatic rings. The molecular formula is C23H29NO4. The highest BCUT2D eigenvalue weighted by molar-refractivity contribution is 5.81. The van der Waals surface area contributed by atoms with Crippen molar-refractivity contribution in [3.05, 3.63) is 53.6 Å². The summed E-state index contributed by atoms with van der Waals surface area (Å²) in [5.74, 6) is 2.02. The van der Waals surface area contributed by atoms with E-state index in [1.165, 1.54) is 0 Å². The topological polar surface area (TPSA) is 56.8 Å². The van der Waals surface area contributed by atoms with Crippen molar-refractivity contribution in [3.8, 4) is 17.2 Å². The van der Waals surface area contributed by atoms with E-state index >= 15 is 0 Å². The fourth-order valence-electron chi connectivity index (χ4n) is 3.51. The van der Waals surface area contributed by atoms with E-state index in [0.717, 1.165) is 16.9 Å². The first-order valence-corrected chi connectivity index (χ1v) is 9.72. The molecule has 2 atom stereocenters. The summed E-state index contributed by atoms with van der Waals surface area (Å²) in [4.78, 5) is 13.0. The lowest BCUT2D eigenvalue weighted by Gasteiger charge is -2.38. The first kappa shape index (κ1) is 20.1. The van der Waals surface area contributed by atoms with E-state index in [9.17, 15) is 4.79 Å². The Balaban J connectivity index is 1.77. The Hall–Kier alpha value is -2.69. The molecule has 2 aromatic carbocycles. The van der Waals surface area contributed by atoms with E-state index < -0.39 is 6.10 Å². The fraction of sp³-hybridized carbons (Fsp3) is 0.435. The van der Waals surface area contributed by atoms with Crippen LogP contribution in [-0.4, -0.2) is 24.7 Å². The number of ether oxygens (including phenoxy) is 3. The number of carbonyl (C=O) groups excluding carboxylic acids is 1. The first-order chi connectivity index (χ1) is 13.3. The van der Waals surface area contributed by atoms with Gasteiger partial charge in [0.15, 0.2) is 6.10 Å². The summed E-state index contributed by atoms with van der Waals surface area (Å²) in [6, 6.07) is 13.3. The number of hydrogen-bond acceptors (Lipinski definition) is 4. The minimum absolute atomic E-state index is 0.116. The molecule has 1 N–H and O–H groups in total. The van der Waals surface area contributed by atoms with Gasteiger partial charge in [-0.05, 0) is 51.0 Å². The van der Waals surface area contributed by atoms with E-state index in [4.69, 9.17) is 14.2 Å². The summed E-state index contributed by atoms with van der Waals surface area (Å²) in [5, 5.41) is 3.17. The predicted molar refractivity (Wildman–Crippen MR) is 109 cm³/mol. The van der Waals surface area contributed by atoms with Gasteiger partial charge in [0.05, 0.1) is 13.2 Å². The Morgan fingerprint density at radius 3 is 2.71 bits per heavy atom. The molecule has 0 saturated carbocycles. The highest BCUT2D eigenvalue weighted by Crippen LogP contribution is 2.40. The third kappa shape index (κ3) is 4.58. The van der Waals surface area contributed by atoms with Crippen LogP contribution in [0, 0.1) is 6.92 Å². The fourth-order valence-corrected chi connectivity index (χ4v) is 3.51. The van der Waals surface area contributed by atoms with Gasteiger partial charge in [0, 0.05) is 18.1 Å². The van der Waals surface area contributed by atoms with Crippen molar-refractivity contribution in [3.63, 3.8) is 0 Å². The van der Waals surface area contributed by atoms with Crippen molar-refractivity contribution in [1.82, 2.24) is 5.32 Å². The molecule has 0 radical (unpaired) electrons. The normalized spacial score (nSPS) is 18.4.